The molecule has 0 saturated carbocycles. The Kier molecular flexibility index (Phi) is 8.82. The number of carbonyl (C=O) groups is 2. The van der Waals surface area contributed by atoms with Crippen LogP contribution in [0.1, 0.15) is 42.1 Å². The summed E-state index contributed by atoms with van der Waals surface area (Å²) >= 11 is 0. The zero-order chi connectivity index (χ0) is 23.8. The Balaban J connectivity index is 0.00000114. The van der Waals surface area contributed by atoms with Gasteiger partial charge >= 0.3 is 5.69 Å². The highest BCUT2D eigenvalue weighted by molar-refractivity contribution is 6.01. The zero-order valence-corrected chi connectivity index (χ0v) is 17.9. The molecule has 1 fully saturated rings. The monoisotopic (exact) mass is 451 g/mol. The predicted octanol–water partition coefficient (Wildman–Crippen LogP) is 0.709. The minimum Gasteiger partial charge on any atom is -0.384 e. The van der Waals surface area contributed by atoms with Crippen molar-refractivity contribution in [1.82, 2.24) is 14.0 Å². The van der Waals surface area contributed by atoms with Crippen molar-refractivity contribution in [3.05, 3.63) is 61.8 Å². The SMILES string of the molecule is CCn1c(=O)c(C(=O)CN2CCCCC2)c(N)n(Cc2cc(F)cc(F)c2)c1=O.NC=O. The summed E-state index contributed by atoms with van der Waals surface area (Å²) in [7, 11) is 0. The molecule has 1 aliphatic rings. The molecule has 0 unspecified atom stereocenters. The number of amides is 1. The van der Waals surface area contributed by atoms with Gasteiger partial charge in [-0.1, -0.05) is 6.42 Å². The second kappa shape index (κ2) is 11.3. The lowest BCUT2D eigenvalue weighted by Gasteiger charge is -2.26. The minimum absolute atomic E-state index is 0.0377. The number of nitrogen functional groups attached to an aromatic ring is 1. The first-order valence-corrected chi connectivity index (χ1v) is 10.2. The molecular formula is C21H27F2N5O4. The molecule has 1 aliphatic heterocycles. The fourth-order valence-electron chi connectivity index (χ4n) is 3.69. The van der Waals surface area contributed by atoms with Crippen LogP contribution in [-0.2, 0) is 17.9 Å². The highest BCUT2D eigenvalue weighted by Gasteiger charge is 2.24. The molecule has 1 aromatic heterocycles. The summed E-state index contributed by atoms with van der Waals surface area (Å²) in [6, 6.07) is 2.87. The second-order valence-corrected chi connectivity index (χ2v) is 7.35. The maximum Gasteiger partial charge on any atom is 0.332 e. The first-order chi connectivity index (χ1) is 15.2. The van der Waals surface area contributed by atoms with Gasteiger partial charge in [-0.25, -0.2) is 13.6 Å². The molecule has 1 amide bonds. The van der Waals surface area contributed by atoms with Gasteiger partial charge < -0.3 is 11.5 Å². The van der Waals surface area contributed by atoms with E-state index in [0.717, 1.165) is 59.7 Å². The molecule has 1 aromatic carbocycles. The summed E-state index contributed by atoms with van der Waals surface area (Å²) in [5.41, 5.74) is 8.67. The van der Waals surface area contributed by atoms with E-state index in [1.165, 1.54) is 0 Å². The first-order valence-electron chi connectivity index (χ1n) is 10.2. The number of nitrogens with zero attached hydrogens (tertiary/aromatic N) is 3. The molecular weight excluding hydrogens is 424 g/mol. The maximum absolute atomic E-state index is 13.5. The Bertz CT molecular complexity index is 1070. The molecule has 0 bridgehead atoms. The number of primary amides is 1. The van der Waals surface area contributed by atoms with Gasteiger partial charge in [-0.05, 0) is 50.6 Å². The topological polar surface area (TPSA) is 133 Å². The maximum atomic E-state index is 13.5. The number of piperidine rings is 1. The van der Waals surface area contributed by atoms with Gasteiger partial charge in [-0.2, -0.15) is 0 Å². The molecule has 32 heavy (non-hydrogen) atoms. The quantitative estimate of drug-likeness (QED) is 0.491. The van der Waals surface area contributed by atoms with Gasteiger partial charge in [0.05, 0.1) is 13.1 Å². The van der Waals surface area contributed by atoms with E-state index in [9.17, 15) is 23.2 Å². The fourth-order valence-corrected chi connectivity index (χ4v) is 3.69. The lowest BCUT2D eigenvalue weighted by molar-refractivity contribution is -0.106. The Morgan fingerprint density at radius 2 is 1.62 bits per heavy atom. The van der Waals surface area contributed by atoms with Crippen LogP contribution in [0.5, 0.6) is 0 Å². The fraction of sp³-hybridized carbons (Fsp3) is 0.429. The van der Waals surface area contributed by atoms with Crippen LogP contribution in [0.15, 0.2) is 27.8 Å². The van der Waals surface area contributed by atoms with Crippen LogP contribution in [0.25, 0.3) is 0 Å². The number of anilines is 1. The number of benzene rings is 1. The van der Waals surface area contributed by atoms with Crippen molar-refractivity contribution in [1.29, 1.82) is 0 Å². The van der Waals surface area contributed by atoms with E-state index in [4.69, 9.17) is 10.5 Å². The van der Waals surface area contributed by atoms with Crippen molar-refractivity contribution in [2.45, 2.75) is 39.3 Å². The molecule has 1 saturated heterocycles. The van der Waals surface area contributed by atoms with E-state index < -0.39 is 28.7 Å². The van der Waals surface area contributed by atoms with Crippen LogP contribution < -0.4 is 22.7 Å². The van der Waals surface area contributed by atoms with Crippen molar-refractivity contribution in [3.63, 3.8) is 0 Å². The smallest absolute Gasteiger partial charge is 0.332 e. The van der Waals surface area contributed by atoms with Crippen LogP contribution >= 0.6 is 0 Å². The molecule has 9 nitrogen and oxygen atoms in total. The molecule has 0 atom stereocenters. The van der Waals surface area contributed by atoms with E-state index in [1.54, 1.807) is 6.92 Å². The van der Waals surface area contributed by atoms with E-state index >= 15 is 0 Å². The Morgan fingerprint density at radius 1 is 1.06 bits per heavy atom. The number of likely N-dealkylation sites (tertiary alicyclic amines) is 1. The van der Waals surface area contributed by atoms with E-state index in [1.807, 2.05) is 4.90 Å². The average molecular weight is 451 g/mol. The van der Waals surface area contributed by atoms with Crippen LogP contribution in [0.3, 0.4) is 0 Å². The molecule has 0 radical (unpaired) electrons. The van der Waals surface area contributed by atoms with E-state index in [2.05, 4.69) is 5.73 Å². The van der Waals surface area contributed by atoms with E-state index in [-0.39, 0.29) is 43.0 Å². The highest BCUT2D eigenvalue weighted by Crippen LogP contribution is 2.14. The predicted molar refractivity (Wildman–Crippen MR) is 115 cm³/mol. The third-order valence-corrected chi connectivity index (χ3v) is 5.14. The lowest BCUT2D eigenvalue weighted by Crippen LogP contribution is -2.45. The molecule has 4 N–H and O–H groups in total. The number of aromatic nitrogens is 2. The van der Waals surface area contributed by atoms with Gasteiger partial charge in [-0.15, -0.1) is 0 Å². The Labute approximate surface area is 183 Å². The third-order valence-electron chi connectivity index (χ3n) is 5.14. The van der Waals surface area contributed by atoms with Crippen LogP contribution in [-0.4, -0.2) is 45.9 Å². The van der Waals surface area contributed by atoms with E-state index in [0.29, 0.717) is 0 Å². The van der Waals surface area contributed by atoms with Crippen LogP contribution in [0, 0.1) is 11.6 Å². The summed E-state index contributed by atoms with van der Waals surface area (Å²) in [4.78, 5) is 48.9. The number of Topliss-reactive ketones (excluding diaryl/α,β-unsaturated/α-hetero) is 1. The molecule has 2 aromatic rings. The van der Waals surface area contributed by atoms with Crippen molar-refractivity contribution in [2.24, 2.45) is 5.73 Å². The number of nitrogens with two attached hydrogens (primary N) is 2. The normalized spacial score (nSPS) is 13.8. The number of carbonyl (C=O) groups excluding carboxylic acids is 2. The van der Waals surface area contributed by atoms with Gasteiger partial charge in [-0.3, -0.25) is 28.4 Å². The van der Waals surface area contributed by atoms with Gasteiger partial charge in [0.1, 0.15) is 23.0 Å². The van der Waals surface area contributed by atoms with Crippen molar-refractivity contribution >= 4 is 18.0 Å². The second-order valence-electron chi connectivity index (χ2n) is 7.35. The summed E-state index contributed by atoms with van der Waals surface area (Å²) in [5, 5.41) is 0. The van der Waals surface area contributed by atoms with Gasteiger partial charge in [0.2, 0.25) is 6.41 Å². The Morgan fingerprint density at radius 3 is 2.16 bits per heavy atom. The number of rotatable bonds is 6. The van der Waals surface area contributed by atoms with Gasteiger partial charge in [0.25, 0.3) is 5.56 Å². The van der Waals surface area contributed by atoms with Crippen LogP contribution in [0.2, 0.25) is 0 Å². The standard InChI is InChI=1S/C20H24F2N4O3.CH3NO/c1-2-25-19(28)17(16(27)12-24-6-4-3-5-7-24)18(23)26(20(25)29)11-13-8-14(21)10-15(22)9-13;2-1-3/h8-10H,2-7,11-12,23H2,1H3;1H,(H2,2,3). The van der Waals surface area contributed by atoms with Crippen molar-refractivity contribution in [2.75, 3.05) is 25.4 Å². The molecule has 174 valence electrons. The molecule has 0 aliphatic carbocycles. The summed E-state index contributed by atoms with van der Waals surface area (Å²) in [6.45, 7) is 2.94. The number of ketones is 1. The largest absolute Gasteiger partial charge is 0.384 e. The average Bonchev–Trinajstić information content (AvgIpc) is 2.72. The summed E-state index contributed by atoms with van der Waals surface area (Å²) in [5.74, 6) is -2.33. The molecule has 11 heteroatoms. The molecule has 0 spiro atoms. The van der Waals surface area contributed by atoms with Crippen LogP contribution in [0.4, 0.5) is 14.6 Å². The summed E-state index contributed by atoms with van der Waals surface area (Å²) in [6.07, 6.45) is 3.31. The molecule has 3 rings (SSSR count). The minimum atomic E-state index is -0.795. The highest BCUT2D eigenvalue weighted by atomic mass is 19.1. The third kappa shape index (κ3) is 5.88. The van der Waals surface area contributed by atoms with Gasteiger partial charge in [0, 0.05) is 12.6 Å². The van der Waals surface area contributed by atoms with Crippen molar-refractivity contribution < 1.29 is 18.4 Å². The molecule has 2 heterocycles. The number of hydrogen-bond donors (Lipinski definition) is 2. The first kappa shape index (κ1) is 24.9. The van der Waals surface area contributed by atoms with Crippen molar-refractivity contribution in [3.8, 4) is 0 Å². The summed E-state index contributed by atoms with van der Waals surface area (Å²) < 4.78 is 29.0. The Hall–Kier alpha value is -3.34. The lowest BCUT2D eigenvalue weighted by atomic mass is 10.1. The number of hydrogen-bond acceptors (Lipinski definition) is 6. The van der Waals surface area contributed by atoms with Gasteiger partial charge in [0.15, 0.2) is 5.78 Å². The number of halogens is 2. The zero-order valence-electron chi connectivity index (χ0n) is 17.9.